The standard InChI is InChI=1S/C29H23Cl2NO4/c30-22-10-5-11-23(31)24(22)25-20(26(36-32-25)18-12-13-18)16-35-27-19(17-6-2-1-3-7-17)8-4-9-21(27)29(14-15-29)28(33)34/h1-11,18H,12-16H2,(H,33,34). The summed E-state index contributed by atoms with van der Waals surface area (Å²) < 4.78 is 12.3. The van der Waals surface area contributed by atoms with Crippen molar-refractivity contribution in [2.75, 3.05) is 0 Å². The molecule has 1 N–H and O–H groups in total. The molecule has 1 heterocycles. The van der Waals surface area contributed by atoms with Crippen molar-refractivity contribution in [3.05, 3.63) is 93.7 Å². The van der Waals surface area contributed by atoms with E-state index in [1.807, 2.05) is 48.5 Å². The third-order valence-corrected chi connectivity index (χ3v) is 7.73. The van der Waals surface area contributed by atoms with Crippen LogP contribution in [0.5, 0.6) is 5.75 Å². The fourth-order valence-corrected chi connectivity index (χ4v) is 5.41. The molecule has 5 nitrogen and oxygen atoms in total. The minimum atomic E-state index is -0.928. The van der Waals surface area contributed by atoms with Crippen LogP contribution in [0.3, 0.4) is 0 Å². The highest BCUT2D eigenvalue weighted by Crippen LogP contribution is 2.54. The molecule has 36 heavy (non-hydrogen) atoms. The van der Waals surface area contributed by atoms with Crippen LogP contribution < -0.4 is 4.74 Å². The molecule has 2 aliphatic carbocycles. The largest absolute Gasteiger partial charge is 0.488 e. The van der Waals surface area contributed by atoms with Crippen LogP contribution in [0.1, 0.15) is 48.5 Å². The van der Waals surface area contributed by atoms with Gasteiger partial charge in [-0.1, -0.05) is 83.0 Å². The molecule has 0 saturated heterocycles. The van der Waals surface area contributed by atoms with Crippen molar-refractivity contribution in [1.82, 2.24) is 5.16 Å². The van der Waals surface area contributed by atoms with Crippen molar-refractivity contribution < 1.29 is 19.2 Å². The first-order chi connectivity index (χ1) is 17.5. The lowest BCUT2D eigenvalue weighted by Gasteiger charge is -2.20. The molecule has 1 aromatic heterocycles. The molecule has 2 aliphatic rings. The highest BCUT2D eigenvalue weighted by molar-refractivity contribution is 6.39. The number of para-hydroxylation sites is 1. The molecule has 0 unspecified atom stereocenters. The van der Waals surface area contributed by atoms with Crippen LogP contribution >= 0.6 is 23.2 Å². The number of benzene rings is 3. The Hall–Kier alpha value is -3.28. The predicted octanol–water partition coefficient (Wildman–Crippen LogP) is 7.89. The van der Waals surface area contributed by atoms with E-state index in [2.05, 4.69) is 5.16 Å². The topological polar surface area (TPSA) is 72.6 Å². The molecule has 0 bridgehead atoms. The Labute approximate surface area is 218 Å². The quantitative estimate of drug-likeness (QED) is 0.256. The molecule has 6 rings (SSSR count). The van der Waals surface area contributed by atoms with Gasteiger partial charge >= 0.3 is 5.97 Å². The predicted molar refractivity (Wildman–Crippen MR) is 139 cm³/mol. The maximum Gasteiger partial charge on any atom is 0.314 e. The molecule has 0 aliphatic heterocycles. The van der Waals surface area contributed by atoms with E-state index < -0.39 is 11.4 Å². The first kappa shape index (κ1) is 23.1. The number of nitrogens with zero attached hydrogens (tertiary/aromatic N) is 1. The van der Waals surface area contributed by atoms with Gasteiger partial charge < -0.3 is 14.4 Å². The summed E-state index contributed by atoms with van der Waals surface area (Å²) in [5.74, 6) is 0.801. The van der Waals surface area contributed by atoms with Crippen molar-refractivity contribution in [3.63, 3.8) is 0 Å². The minimum Gasteiger partial charge on any atom is -0.488 e. The summed E-state index contributed by atoms with van der Waals surface area (Å²) in [5.41, 5.74) is 3.53. The molecule has 0 radical (unpaired) electrons. The SMILES string of the molecule is O=C(O)C1(c2cccc(-c3ccccc3)c2OCc2c(-c3c(Cl)cccc3Cl)noc2C2CC2)CC1. The lowest BCUT2D eigenvalue weighted by molar-refractivity contribution is -0.140. The number of halogens is 2. The zero-order valence-electron chi connectivity index (χ0n) is 19.3. The average molecular weight is 520 g/mol. The van der Waals surface area contributed by atoms with Crippen LogP contribution in [-0.2, 0) is 16.8 Å². The first-order valence-electron chi connectivity index (χ1n) is 12.0. The molecule has 4 aromatic rings. The van der Waals surface area contributed by atoms with E-state index in [9.17, 15) is 9.90 Å². The second kappa shape index (κ2) is 8.99. The van der Waals surface area contributed by atoms with Crippen molar-refractivity contribution >= 4 is 29.2 Å². The molecular formula is C29H23Cl2NO4. The summed E-state index contributed by atoms with van der Waals surface area (Å²) in [7, 11) is 0. The zero-order valence-corrected chi connectivity index (χ0v) is 20.9. The van der Waals surface area contributed by atoms with E-state index in [1.165, 1.54) is 0 Å². The summed E-state index contributed by atoms with van der Waals surface area (Å²) in [4.78, 5) is 12.3. The fraction of sp³-hybridized carbons (Fsp3) is 0.241. The van der Waals surface area contributed by atoms with Crippen LogP contribution in [-0.4, -0.2) is 16.2 Å². The highest BCUT2D eigenvalue weighted by atomic mass is 35.5. The third kappa shape index (κ3) is 3.97. The summed E-state index contributed by atoms with van der Waals surface area (Å²) in [6, 6.07) is 20.9. The normalized spacial score (nSPS) is 16.1. The summed E-state index contributed by atoms with van der Waals surface area (Å²) in [6.07, 6.45) is 3.20. The van der Waals surface area contributed by atoms with Gasteiger partial charge in [-0.2, -0.15) is 0 Å². The molecule has 3 aromatic carbocycles. The molecule has 2 saturated carbocycles. The number of hydrogen-bond donors (Lipinski definition) is 1. The second-order valence-electron chi connectivity index (χ2n) is 9.47. The van der Waals surface area contributed by atoms with Gasteiger partial charge in [0.25, 0.3) is 0 Å². The van der Waals surface area contributed by atoms with Crippen molar-refractivity contribution in [3.8, 4) is 28.1 Å². The van der Waals surface area contributed by atoms with Gasteiger partial charge in [0, 0.05) is 22.6 Å². The highest BCUT2D eigenvalue weighted by Gasteiger charge is 2.53. The molecule has 182 valence electrons. The number of aromatic nitrogens is 1. The molecule has 7 heteroatoms. The molecule has 2 fully saturated rings. The third-order valence-electron chi connectivity index (χ3n) is 7.10. The van der Waals surface area contributed by atoms with Crippen molar-refractivity contribution in [2.45, 2.75) is 43.6 Å². The van der Waals surface area contributed by atoms with Gasteiger partial charge in [0.2, 0.25) is 0 Å². The Morgan fingerprint density at radius 2 is 1.69 bits per heavy atom. The number of carboxylic acids is 1. The number of carboxylic acid groups (broad SMARTS) is 1. The van der Waals surface area contributed by atoms with E-state index in [1.54, 1.807) is 18.2 Å². The summed E-state index contributed by atoms with van der Waals surface area (Å²) >= 11 is 13.0. The van der Waals surface area contributed by atoms with Crippen LogP contribution in [0.4, 0.5) is 0 Å². The van der Waals surface area contributed by atoms with Gasteiger partial charge in [-0.3, -0.25) is 4.79 Å². The van der Waals surface area contributed by atoms with E-state index in [-0.39, 0.29) is 12.5 Å². The van der Waals surface area contributed by atoms with Crippen LogP contribution in [0, 0.1) is 0 Å². The molecule has 0 amide bonds. The number of aliphatic carboxylic acids is 1. The Bertz CT molecular complexity index is 1440. The van der Waals surface area contributed by atoms with Gasteiger partial charge in [-0.05, 0) is 43.4 Å². The van der Waals surface area contributed by atoms with Gasteiger partial charge in [0.15, 0.2) is 0 Å². The van der Waals surface area contributed by atoms with E-state index in [0.29, 0.717) is 45.5 Å². The van der Waals surface area contributed by atoms with Gasteiger partial charge in [-0.25, -0.2) is 0 Å². The average Bonchev–Trinajstić information content (AvgIpc) is 3.81. The second-order valence-corrected chi connectivity index (χ2v) is 10.3. The Kier molecular flexibility index (Phi) is 5.78. The number of carbonyl (C=O) groups is 1. The number of hydrogen-bond acceptors (Lipinski definition) is 4. The molecule has 0 atom stereocenters. The summed E-state index contributed by atoms with van der Waals surface area (Å²) in [6.45, 7) is 0.152. The summed E-state index contributed by atoms with van der Waals surface area (Å²) in [5, 5.41) is 15.4. The lowest BCUT2D eigenvalue weighted by Crippen LogP contribution is -2.21. The molecule has 0 spiro atoms. The van der Waals surface area contributed by atoms with E-state index in [4.69, 9.17) is 32.5 Å². The van der Waals surface area contributed by atoms with Crippen molar-refractivity contribution in [1.29, 1.82) is 0 Å². The van der Waals surface area contributed by atoms with Gasteiger partial charge in [-0.15, -0.1) is 0 Å². The van der Waals surface area contributed by atoms with E-state index >= 15 is 0 Å². The van der Waals surface area contributed by atoms with Crippen molar-refractivity contribution in [2.24, 2.45) is 0 Å². The Balaban J connectivity index is 1.46. The smallest absolute Gasteiger partial charge is 0.314 e. The van der Waals surface area contributed by atoms with Crippen LogP contribution in [0.25, 0.3) is 22.4 Å². The maximum atomic E-state index is 12.3. The molecular weight excluding hydrogens is 497 g/mol. The number of rotatable bonds is 8. The Morgan fingerprint density at radius 1 is 1.00 bits per heavy atom. The minimum absolute atomic E-state index is 0.152. The number of ether oxygens (including phenoxy) is 1. The maximum absolute atomic E-state index is 12.3. The fourth-order valence-electron chi connectivity index (χ4n) is 4.83. The van der Waals surface area contributed by atoms with Gasteiger partial charge in [0.1, 0.15) is 23.8 Å². The van der Waals surface area contributed by atoms with Crippen LogP contribution in [0.2, 0.25) is 10.0 Å². The monoisotopic (exact) mass is 519 g/mol. The van der Waals surface area contributed by atoms with E-state index in [0.717, 1.165) is 35.3 Å². The van der Waals surface area contributed by atoms with Gasteiger partial charge in [0.05, 0.1) is 21.0 Å². The first-order valence-corrected chi connectivity index (χ1v) is 12.7. The lowest BCUT2D eigenvalue weighted by atomic mass is 9.91. The Morgan fingerprint density at radius 3 is 2.33 bits per heavy atom. The van der Waals surface area contributed by atoms with Crippen LogP contribution in [0.15, 0.2) is 71.3 Å². The zero-order chi connectivity index (χ0) is 24.9.